The maximum atomic E-state index is 13.8. The number of hydrogen-bond acceptors (Lipinski definition) is 4. The van der Waals surface area contributed by atoms with Gasteiger partial charge in [-0.2, -0.15) is 0 Å². The Labute approximate surface area is 126 Å². The molecule has 0 aliphatic carbocycles. The lowest BCUT2D eigenvalue weighted by molar-refractivity contribution is 0.370. The minimum Gasteiger partial charge on any atom is -0.326 e. The molecule has 120 valence electrons. The molecule has 0 saturated heterocycles. The topological polar surface area (TPSA) is 66.6 Å². The van der Waals surface area contributed by atoms with E-state index >= 15 is 0 Å². The maximum Gasteiger partial charge on any atom is 0.243 e. The van der Waals surface area contributed by atoms with Gasteiger partial charge in [-0.1, -0.05) is 0 Å². The van der Waals surface area contributed by atoms with Crippen LogP contribution in [0.4, 0.5) is 4.39 Å². The average molecular weight is 317 g/mol. The smallest absolute Gasteiger partial charge is 0.243 e. The van der Waals surface area contributed by atoms with E-state index in [2.05, 4.69) is 0 Å². The van der Waals surface area contributed by atoms with Crippen LogP contribution in [0.15, 0.2) is 17.0 Å². The Morgan fingerprint density at radius 2 is 1.81 bits per heavy atom. The number of sulfonamides is 1. The fourth-order valence-electron chi connectivity index (χ4n) is 1.99. The molecule has 0 aliphatic heterocycles. The highest BCUT2D eigenvalue weighted by Gasteiger charge is 2.24. The summed E-state index contributed by atoms with van der Waals surface area (Å²) < 4.78 is 40.2. The molecule has 5 nitrogen and oxygen atoms in total. The Morgan fingerprint density at radius 3 is 2.33 bits per heavy atom. The highest BCUT2D eigenvalue weighted by Crippen LogP contribution is 2.23. The van der Waals surface area contributed by atoms with Crippen LogP contribution >= 0.6 is 0 Å². The summed E-state index contributed by atoms with van der Waals surface area (Å²) in [6.45, 7) is 2.74. The molecule has 0 heterocycles. The monoisotopic (exact) mass is 317 g/mol. The van der Waals surface area contributed by atoms with Crippen LogP contribution < -0.4 is 5.73 Å². The molecule has 1 aromatic rings. The molecule has 0 unspecified atom stereocenters. The summed E-state index contributed by atoms with van der Waals surface area (Å²) >= 11 is 0. The number of nitrogens with zero attached hydrogens (tertiary/aromatic N) is 2. The van der Waals surface area contributed by atoms with Gasteiger partial charge in [0.15, 0.2) is 0 Å². The van der Waals surface area contributed by atoms with Gasteiger partial charge in [-0.05, 0) is 51.7 Å². The number of nitrogens with two attached hydrogens (primary N) is 1. The second-order valence-corrected chi connectivity index (χ2v) is 7.40. The van der Waals surface area contributed by atoms with Crippen molar-refractivity contribution < 1.29 is 12.8 Å². The van der Waals surface area contributed by atoms with Crippen LogP contribution in [-0.2, 0) is 16.6 Å². The summed E-state index contributed by atoms with van der Waals surface area (Å²) in [5, 5.41) is 0. The van der Waals surface area contributed by atoms with E-state index < -0.39 is 15.8 Å². The second-order valence-electron chi connectivity index (χ2n) is 5.39. The predicted molar refractivity (Wildman–Crippen MR) is 82.0 cm³/mol. The normalized spacial score (nSPS) is 12.4. The Bertz CT molecular complexity index is 588. The molecule has 0 spiro atoms. The zero-order valence-corrected chi connectivity index (χ0v) is 13.9. The van der Waals surface area contributed by atoms with Crippen molar-refractivity contribution >= 4 is 10.0 Å². The van der Waals surface area contributed by atoms with Crippen molar-refractivity contribution in [1.82, 2.24) is 9.21 Å². The third-order valence-electron chi connectivity index (χ3n) is 3.36. The molecule has 2 N–H and O–H groups in total. The van der Waals surface area contributed by atoms with Gasteiger partial charge in [-0.25, -0.2) is 17.1 Å². The van der Waals surface area contributed by atoms with Crippen LogP contribution in [0.3, 0.4) is 0 Å². The molecule has 0 atom stereocenters. The minimum atomic E-state index is -3.70. The van der Waals surface area contributed by atoms with Gasteiger partial charge in [0.25, 0.3) is 0 Å². The molecule has 0 aromatic heterocycles. The molecule has 0 bridgehead atoms. The van der Waals surface area contributed by atoms with E-state index in [0.29, 0.717) is 18.5 Å². The van der Waals surface area contributed by atoms with Gasteiger partial charge in [0, 0.05) is 25.7 Å². The fourth-order valence-corrected chi connectivity index (χ4v) is 3.48. The van der Waals surface area contributed by atoms with Crippen LogP contribution in [0.1, 0.15) is 17.5 Å². The molecule has 0 fully saturated rings. The quantitative estimate of drug-likeness (QED) is 0.820. The van der Waals surface area contributed by atoms with E-state index in [1.54, 1.807) is 0 Å². The third kappa shape index (κ3) is 4.47. The minimum absolute atomic E-state index is 0.00435. The first-order valence-electron chi connectivity index (χ1n) is 6.80. The van der Waals surface area contributed by atoms with E-state index in [-0.39, 0.29) is 17.0 Å². The number of rotatable bonds is 7. The number of halogens is 1. The summed E-state index contributed by atoms with van der Waals surface area (Å²) in [5.41, 5.74) is 6.09. The molecule has 0 amide bonds. The van der Waals surface area contributed by atoms with Gasteiger partial charge < -0.3 is 10.6 Å². The van der Waals surface area contributed by atoms with E-state index in [9.17, 15) is 12.8 Å². The van der Waals surface area contributed by atoms with Gasteiger partial charge in [-0.3, -0.25) is 0 Å². The maximum absolute atomic E-state index is 13.8. The molecular weight excluding hydrogens is 293 g/mol. The SMILES string of the molecule is Cc1c(F)cc(CN)cc1S(=O)(=O)N(C)CCCN(C)C. The van der Waals surface area contributed by atoms with E-state index in [1.165, 1.54) is 30.4 Å². The van der Waals surface area contributed by atoms with Crippen molar-refractivity contribution in [3.63, 3.8) is 0 Å². The number of benzene rings is 1. The van der Waals surface area contributed by atoms with Crippen molar-refractivity contribution in [2.24, 2.45) is 5.73 Å². The highest BCUT2D eigenvalue weighted by molar-refractivity contribution is 7.89. The van der Waals surface area contributed by atoms with Crippen molar-refractivity contribution in [2.45, 2.75) is 24.8 Å². The third-order valence-corrected chi connectivity index (χ3v) is 5.34. The van der Waals surface area contributed by atoms with Crippen LogP contribution in [0.2, 0.25) is 0 Å². The van der Waals surface area contributed by atoms with Gasteiger partial charge in [0.05, 0.1) is 4.90 Å². The first kappa shape index (κ1) is 18.0. The highest BCUT2D eigenvalue weighted by atomic mass is 32.2. The van der Waals surface area contributed by atoms with Crippen LogP contribution in [0, 0.1) is 12.7 Å². The van der Waals surface area contributed by atoms with Gasteiger partial charge >= 0.3 is 0 Å². The molecule has 0 saturated carbocycles. The molecule has 0 aliphatic rings. The first-order chi connectivity index (χ1) is 9.70. The Balaban J connectivity index is 3.04. The standard InChI is InChI=1S/C14H24FN3O2S/c1-11-13(15)8-12(10-16)9-14(11)21(19,20)18(4)7-5-6-17(2)3/h8-9H,5-7,10,16H2,1-4H3. The van der Waals surface area contributed by atoms with Crippen molar-refractivity contribution in [3.05, 3.63) is 29.1 Å². The lowest BCUT2D eigenvalue weighted by Crippen LogP contribution is -2.30. The molecule has 7 heteroatoms. The summed E-state index contributed by atoms with van der Waals surface area (Å²) in [7, 11) is 1.67. The predicted octanol–water partition coefficient (Wildman–Crippen LogP) is 1.17. The van der Waals surface area contributed by atoms with Gasteiger partial charge in [-0.15, -0.1) is 0 Å². The summed E-state index contributed by atoms with van der Waals surface area (Å²) in [6.07, 6.45) is 0.709. The van der Waals surface area contributed by atoms with E-state index in [1.807, 2.05) is 19.0 Å². The Kier molecular flexibility index (Phi) is 6.27. The first-order valence-corrected chi connectivity index (χ1v) is 8.24. The van der Waals surface area contributed by atoms with Crippen molar-refractivity contribution in [1.29, 1.82) is 0 Å². The Morgan fingerprint density at radius 1 is 1.19 bits per heavy atom. The van der Waals surface area contributed by atoms with Crippen LogP contribution in [-0.4, -0.2) is 51.9 Å². The molecular formula is C14H24FN3O2S. The lowest BCUT2D eigenvalue weighted by atomic mass is 10.1. The molecule has 1 aromatic carbocycles. The van der Waals surface area contributed by atoms with Crippen molar-refractivity contribution in [2.75, 3.05) is 34.2 Å². The zero-order valence-electron chi connectivity index (χ0n) is 13.1. The Hall–Kier alpha value is -1.02. The molecule has 21 heavy (non-hydrogen) atoms. The van der Waals surface area contributed by atoms with Crippen LogP contribution in [0.5, 0.6) is 0 Å². The van der Waals surface area contributed by atoms with Gasteiger partial charge in [0.2, 0.25) is 10.0 Å². The fraction of sp³-hybridized carbons (Fsp3) is 0.571. The zero-order chi connectivity index (χ0) is 16.2. The summed E-state index contributed by atoms with van der Waals surface area (Å²) in [6, 6.07) is 2.73. The van der Waals surface area contributed by atoms with Crippen LogP contribution in [0.25, 0.3) is 0 Å². The van der Waals surface area contributed by atoms with Gasteiger partial charge in [0.1, 0.15) is 5.82 Å². The average Bonchev–Trinajstić information content (AvgIpc) is 2.40. The summed E-state index contributed by atoms with van der Waals surface area (Å²) in [5.74, 6) is -0.543. The summed E-state index contributed by atoms with van der Waals surface area (Å²) in [4.78, 5) is 1.98. The van der Waals surface area contributed by atoms with Crippen molar-refractivity contribution in [3.8, 4) is 0 Å². The van der Waals surface area contributed by atoms with E-state index in [4.69, 9.17) is 5.73 Å². The van der Waals surface area contributed by atoms with E-state index in [0.717, 1.165) is 6.54 Å². The largest absolute Gasteiger partial charge is 0.326 e. The molecule has 0 radical (unpaired) electrons. The second kappa shape index (κ2) is 7.31. The lowest BCUT2D eigenvalue weighted by Gasteiger charge is -2.20. The molecule has 1 rings (SSSR count). The number of hydrogen-bond donors (Lipinski definition) is 1.